The van der Waals surface area contributed by atoms with Gasteiger partial charge in [-0.3, -0.25) is 19.4 Å². The lowest BCUT2D eigenvalue weighted by Gasteiger charge is -2.35. The summed E-state index contributed by atoms with van der Waals surface area (Å²) in [6.07, 6.45) is 6.16. The number of carbonyl (C=O) groups is 3. The van der Waals surface area contributed by atoms with Crippen LogP contribution in [0.15, 0.2) is 30.3 Å². The van der Waals surface area contributed by atoms with E-state index in [1.54, 1.807) is 11.9 Å². The summed E-state index contributed by atoms with van der Waals surface area (Å²) in [6, 6.07) is 10.2. The molecule has 162 valence electrons. The van der Waals surface area contributed by atoms with Gasteiger partial charge in [0, 0.05) is 32.7 Å². The topological polar surface area (TPSA) is 73.0 Å². The van der Waals surface area contributed by atoms with Crippen LogP contribution in [0.5, 0.6) is 0 Å². The molecule has 4 rings (SSSR count). The number of piperidine rings is 1. The molecule has 7 heteroatoms. The number of hydrogen-bond acceptors (Lipinski definition) is 4. The third-order valence-electron chi connectivity index (χ3n) is 6.99. The van der Waals surface area contributed by atoms with Crippen molar-refractivity contribution in [2.75, 3.05) is 26.7 Å². The van der Waals surface area contributed by atoms with Crippen LogP contribution >= 0.6 is 0 Å². The van der Waals surface area contributed by atoms with Gasteiger partial charge in [0.1, 0.15) is 12.1 Å². The molecule has 3 aliphatic rings. The summed E-state index contributed by atoms with van der Waals surface area (Å²) in [5.41, 5.74) is 0.574. The number of rotatable bonds is 5. The molecule has 2 heterocycles. The predicted molar refractivity (Wildman–Crippen MR) is 114 cm³/mol. The van der Waals surface area contributed by atoms with Gasteiger partial charge < -0.3 is 10.2 Å². The van der Waals surface area contributed by atoms with Crippen molar-refractivity contribution in [1.82, 2.24) is 20.0 Å². The minimum atomic E-state index is -0.724. The smallest absolute Gasteiger partial charge is 0.327 e. The summed E-state index contributed by atoms with van der Waals surface area (Å²) in [6.45, 7) is 2.60. The number of likely N-dealkylation sites (N-methyl/N-ethyl adjacent to an activating group) is 1. The van der Waals surface area contributed by atoms with Crippen LogP contribution in [-0.2, 0) is 16.1 Å². The van der Waals surface area contributed by atoms with Gasteiger partial charge in [0.25, 0.3) is 5.91 Å². The van der Waals surface area contributed by atoms with E-state index >= 15 is 0 Å². The number of likely N-dealkylation sites (tertiary alicyclic amines) is 1. The molecular formula is C23H32N4O3. The van der Waals surface area contributed by atoms with Crippen molar-refractivity contribution in [1.29, 1.82) is 0 Å². The highest BCUT2D eigenvalue weighted by Crippen LogP contribution is 2.39. The van der Waals surface area contributed by atoms with E-state index in [9.17, 15) is 14.4 Å². The SMILES string of the molecule is CN1C(=O)N(CC(=O)NC2CCN(Cc3ccccc3)CC2)C(=O)C12CCCCC2. The minimum absolute atomic E-state index is 0.0960. The van der Waals surface area contributed by atoms with E-state index in [4.69, 9.17) is 0 Å². The minimum Gasteiger partial charge on any atom is -0.352 e. The van der Waals surface area contributed by atoms with E-state index < -0.39 is 5.54 Å². The first-order valence-corrected chi connectivity index (χ1v) is 11.1. The lowest BCUT2D eigenvalue weighted by atomic mass is 9.81. The van der Waals surface area contributed by atoms with Crippen LogP contribution in [0.3, 0.4) is 0 Å². The van der Waals surface area contributed by atoms with Gasteiger partial charge in [0.15, 0.2) is 0 Å². The third-order valence-corrected chi connectivity index (χ3v) is 6.99. The van der Waals surface area contributed by atoms with Gasteiger partial charge in [-0.25, -0.2) is 4.79 Å². The average Bonchev–Trinajstić information content (AvgIpc) is 2.93. The second-order valence-corrected chi connectivity index (χ2v) is 8.93. The van der Waals surface area contributed by atoms with Crippen LogP contribution in [0.1, 0.15) is 50.5 Å². The summed E-state index contributed by atoms with van der Waals surface area (Å²) in [5.74, 6) is -0.429. The van der Waals surface area contributed by atoms with E-state index in [1.165, 1.54) is 5.56 Å². The molecule has 1 spiro atoms. The largest absolute Gasteiger partial charge is 0.352 e. The fourth-order valence-corrected chi connectivity index (χ4v) is 5.17. The molecule has 1 aromatic rings. The van der Waals surface area contributed by atoms with Gasteiger partial charge in [-0.2, -0.15) is 0 Å². The van der Waals surface area contributed by atoms with E-state index in [1.807, 2.05) is 6.07 Å². The number of nitrogens with zero attached hydrogens (tertiary/aromatic N) is 3. The second kappa shape index (κ2) is 8.76. The zero-order chi connectivity index (χ0) is 21.1. The zero-order valence-electron chi connectivity index (χ0n) is 17.8. The molecule has 4 amide bonds. The number of hydrogen-bond donors (Lipinski definition) is 1. The fraction of sp³-hybridized carbons (Fsp3) is 0.609. The van der Waals surface area contributed by atoms with Crippen LogP contribution < -0.4 is 5.32 Å². The quantitative estimate of drug-likeness (QED) is 0.754. The molecule has 7 nitrogen and oxygen atoms in total. The molecular weight excluding hydrogens is 380 g/mol. The van der Waals surface area contributed by atoms with Crippen molar-refractivity contribution in [3.05, 3.63) is 35.9 Å². The number of carbonyl (C=O) groups excluding carboxylic acids is 3. The third kappa shape index (κ3) is 4.08. The number of imide groups is 1. The molecule has 30 heavy (non-hydrogen) atoms. The van der Waals surface area contributed by atoms with Crippen molar-refractivity contribution >= 4 is 17.8 Å². The molecule has 1 aromatic carbocycles. The van der Waals surface area contributed by atoms with Crippen molar-refractivity contribution in [2.45, 2.75) is 63.1 Å². The maximum Gasteiger partial charge on any atom is 0.327 e. The Kier molecular flexibility index (Phi) is 6.09. The molecule has 2 aliphatic heterocycles. The maximum absolute atomic E-state index is 13.0. The van der Waals surface area contributed by atoms with E-state index in [2.05, 4.69) is 34.5 Å². The predicted octanol–water partition coefficient (Wildman–Crippen LogP) is 2.36. The van der Waals surface area contributed by atoms with Crippen LogP contribution in [-0.4, -0.2) is 70.8 Å². The summed E-state index contributed by atoms with van der Waals surface area (Å²) in [5, 5.41) is 3.05. The van der Waals surface area contributed by atoms with Gasteiger partial charge in [-0.15, -0.1) is 0 Å². The van der Waals surface area contributed by atoms with E-state index in [-0.39, 0.29) is 30.4 Å². The second-order valence-electron chi connectivity index (χ2n) is 8.93. The number of nitrogens with one attached hydrogen (secondary N) is 1. The van der Waals surface area contributed by atoms with Crippen LogP contribution in [0.4, 0.5) is 4.79 Å². The Morgan fingerprint density at radius 1 is 1.07 bits per heavy atom. The monoisotopic (exact) mass is 412 g/mol. The van der Waals surface area contributed by atoms with Crippen molar-refractivity contribution in [2.24, 2.45) is 0 Å². The van der Waals surface area contributed by atoms with Gasteiger partial charge in [0.05, 0.1) is 0 Å². The Morgan fingerprint density at radius 3 is 2.40 bits per heavy atom. The highest BCUT2D eigenvalue weighted by molar-refractivity contribution is 6.08. The maximum atomic E-state index is 13.0. The van der Waals surface area contributed by atoms with E-state index in [0.717, 1.165) is 56.6 Å². The molecule has 1 saturated carbocycles. The van der Waals surface area contributed by atoms with Crippen molar-refractivity contribution < 1.29 is 14.4 Å². The molecule has 0 bridgehead atoms. The lowest BCUT2D eigenvalue weighted by molar-refractivity contribution is -0.137. The first kappa shape index (κ1) is 20.8. The average molecular weight is 413 g/mol. The fourth-order valence-electron chi connectivity index (χ4n) is 5.17. The molecule has 3 fully saturated rings. The first-order chi connectivity index (χ1) is 14.5. The van der Waals surface area contributed by atoms with Crippen LogP contribution in [0.2, 0.25) is 0 Å². The Labute approximate surface area is 178 Å². The number of amides is 4. The summed E-state index contributed by atoms with van der Waals surface area (Å²) in [4.78, 5) is 43.4. The first-order valence-electron chi connectivity index (χ1n) is 11.1. The molecule has 0 aromatic heterocycles. The van der Waals surface area contributed by atoms with Crippen molar-refractivity contribution in [3.8, 4) is 0 Å². The highest BCUT2D eigenvalue weighted by Gasteiger charge is 2.55. The normalized spacial score (nSPS) is 22.7. The van der Waals surface area contributed by atoms with Crippen LogP contribution in [0.25, 0.3) is 0 Å². The van der Waals surface area contributed by atoms with Gasteiger partial charge in [-0.1, -0.05) is 49.6 Å². The van der Waals surface area contributed by atoms with Gasteiger partial charge >= 0.3 is 6.03 Å². The highest BCUT2D eigenvalue weighted by atomic mass is 16.2. The summed E-state index contributed by atoms with van der Waals surface area (Å²) >= 11 is 0. The molecule has 1 N–H and O–H groups in total. The Hall–Kier alpha value is -2.41. The molecule has 2 saturated heterocycles. The van der Waals surface area contributed by atoms with E-state index in [0.29, 0.717) is 12.8 Å². The number of benzene rings is 1. The Morgan fingerprint density at radius 2 is 1.73 bits per heavy atom. The summed E-state index contributed by atoms with van der Waals surface area (Å²) in [7, 11) is 1.70. The van der Waals surface area contributed by atoms with Crippen molar-refractivity contribution in [3.63, 3.8) is 0 Å². The molecule has 0 atom stereocenters. The summed E-state index contributed by atoms with van der Waals surface area (Å²) < 4.78 is 0. The zero-order valence-corrected chi connectivity index (χ0v) is 17.8. The Bertz CT molecular complexity index is 783. The van der Waals surface area contributed by atoms with Gasteiger partial charge in [0.2, 0.25) is 5.91 Å². The standard InChI is InChI=1S/C23H32N4O3/c1-25-22(30)27(21(29)23(25)12-6-3-7-13-23)17-20(28)24-19-10-14-26(15-11-19)16-18-8-4-2-5-9-18/h2,4-5,8-9,19H,3,6-7,10-17H2,1H3,(H,24,28). The van der Waals surface area contributed by atoms with Gasteiger partial charge in [-0.05, 0) is 31.2 Å². The number of urea groups is 1. The molecule has 0 radical (unpaired) electrons. The lowest BCUT2D eigenvalue weighted by Crippen LogP contribution is -2.50. The molecule has 1 aliphatic carbocycles. The van der Waals surface area contributed by atoms with Crippen LogP contribution in [0, 0.1) is 0 Å². The molecule has 0 unspecified atom stereocenters. The Balaban J connectivity index is 1.27.